The van der Waals surface area contributed by atoms with Gasteiger partial charge in [0.25, 0.3) is 0 Å². The van der Waals surface area contributed by atoms with Gasteiger partial charge >= 0.3 is 0 Å². The predicted molar refractivity (Wildman–Crippen MR) is 61.4 cm³/mol. The topological polar surface area (TPSA) is 17.1 Å². The van der Waals surface area contributed by atoms with Crippen LogP contribution in [0.2, 0.25) is 0 Å². The van der Waals surface area contributed by atoms with Crippen molar-refractivity contribution >= 4 is 10.8 Å². The summed E-state index contributed by atoms with van der Waals surface area (Å²) >= 11 is 0. The summed E-state index contributed by atoms with van der Waals surface area (Å²) in [5, 5.41) is 0. The van der Waals surface area contributed by atoms with Gasteiger partial charge < -0.3 is 0 Å². The van der Waals surface area contributed by atoms with Crippen LogP contribution in [0.5, 0.6) is 0 Å². The molecular weight excluding hydrogens is 192 g/mol. The van der Waals surface area contributed by atoms with Gasteiger partial charge in [0.05, 0.1) is 5.75 Å². The Hall–Kier alpha value is -1.33. The third kappa shape index (κ3) is 4.06. The highest BCUT2D eigenvalue weighted by Crippen LogP contribution is 1.96. The van der Waals surface area contributed by atoms with Crippen molar-refractivity contribution in [2.45, 2.75) is 0 Å². The van der Waals surface area contributed by atoms with E-state index < -0.39 is 10.8 Å². The Morgan fingerprint density at radius 2 is 2.07 bits per heavy atom. The summed E-state index contributed by atoms with van der Waals surface area (Å²) in [5.41, 5.74) is 1.67. The van der Waals surface area contributed by atoms with E-state index >= 15 is 0 Å². The zero-order chi connectivity index (χ0) is 10.4. The van der Waals surface area contributed by atoms with Crippen molar-refractivity contribution in [1.29, 1.82) is 0 Å². The first-order chi connectivity index (χ1) is 6.68. The van der Waals surface area contributed by atoms with Crippen molar-refractivity contribution in [3.63, 3.8) is 0 Å². The van der Waals surface area contributed by atoms with Crippen molar-refractivity contribution in [3.8, 4) is 11.8 Å². The summed E-state index contributed by atoms with van der Waals surface area (Å²) < 4.78 is 10.8. The molecule has 1 aromatic carbocycles. The SMILES string of the molecule is C=C(C#Cc1ccccc1)CS(C)=O. The largest absolute Gasteiger partial charge is 0.260 e. The van der Waals surface area contributed by atoms with Crippen molar-refractivity contribution in [2.24, 2.45) is 0 Å². The zero-order valence-corrected chi connectivity index (χ0v) is 8.93. The van der Waals surface area contributed by atoms with E-state index in [0.29, 0.717) is 5.75 Å². The average Bonchev–Trinajstić information content (AvgIpc) is 2.15. The van der Waals surface area contributed by atoms with Crippen LogP contribution in [0.4, 0.5) is 0 Å². The molecule has 0 saturated heterocycles. The Labute approximate surface area is 87.3 Å². The molecule has 1 aromatic rings. The van der Waals surface area contributed by atoms with Crippen LogP contribution in [-0.2, 0) is 10.8 Å². The summed E-state index contributed by atoms with van der Waals surface area (Å²) in [6, 6.07) is 9.68. The minimum absolute atomic E-state index is 0.458. The lowest BCUT2D eigenvalue weighted by Crippen LogP contribution is -1.94. The molecule has 0 fully saturated rings. The molecule has 0 aliphatic rings. The van der Waals surface area contributed by atoms with Gasteiger partial charge in [0, 0.05) is 28.2 Å². The van der Waals surface area contributed by atoms with E-state index in [2.05, 4.69) is 18.4 Å². The van der Waals surface area contributed by atoms with E-state index in [4.69, 9.17) is 0 Å². The van der Waals surface area contributed by atoms with Gasteiger partial charge in [0.1, 0.15) is 0 Å². The number of hydrogen-bond donors (Lipinski definition) is 0. The van der Waals surface area contributed by atoms with Gasteiger partial charge in [-0.25, -0.2) is 0 Å². The maximum absolute atomic E-state index is 10.8. The predicted octanol–water partition coefficient (Wildman–Crippen LogP) is 1.97. The Morgan fingerprint density at radius 1 is 1.43 bits per heavy atom. The normalized spacial score (nSPS) is 11.2. The maximum atomic E-state index is 10.8. The van der Waals surface area contributed by atoms with Crippen LogP contribution in [0.15, 0.2) is 42.5 Å². The summed E-state index contributed by atoms with van der Waals surface area (Å²) in [7, 11) is -0.856. The third-order valence-corrected chi connectivity index (χ3v) is 2.29. The Bertz CT molecular complexity index is 395. The van der Waals surface area contributed by atoms with Gasteiger partial charge in [-0.05, 0) is 12.1 Å². The summed E-state index contributed by atoms with van der Waals surface area (Å²) in [6.45, 7) is 3.74. The quantitative estimate of drug-likeness (QED) is 0.673. The van der Waals surface area contributed by atoms with Gasteiger partial charge in [-0.3, -0.25) is 4.21 Å². The average molecular weight is 204 g/mol. The molecule has 0 aromatic heterocycles. The molecule has 0 saturated carbocycles. The molecule has 1 atom stereocenters. The molecule has 2 heteroatoms. The van der Waals surface area contributed by atoms with Crippen molar-refractivity contribution in [1.82, 2.24) is 0 Å². The van der Waals surface area contributed by atoms with Crippen LogP contribution in [-0.4, -0.2) is 16.2 Å². The highest BCUT2D eigenvalue weighted by Gasteiger charge is 1.92. The van der Waals surface area contributed by atoms with E-state index in [1.54, 1.807) is 6.26 Å². The molecule has 14 heavy (non-hydrogen) atoms. The maximum Gasteiger partial charge on any atom is 0.0556 e. The van der Waals surface area contributed by atoms with Gasteiger partial charge in [-0.2, -0.15) is 0 Å². The molecule has 0 radical (unpaired) electrons. The second-order valence-corrected chi connectivity index (χ2v) is 4.37. The summed E-state index contributed by atoms with van der Waals surface area (Å²) in [6.07, 6.45) is 1.65. The van der Waals surface area contributed by atoms with Gasteiger partial charge in [0.15, 0.2) is 0 Å². The minimum atomic E-state index is -0.856. The summed E-state index contributed by atoms with van der Waals surface area (Å²) in [4.78, 5) is 0. The fourth-order valence-corrected chi connectivity index (χ4v) is 1.53. The second-order valence-electron chi connectivity index (χ2n) is 2.94. The zero-order valence-electron chi connectivity index (χ0n) is 8.12. The fraction of sp³-hybridized carbons (Fsp3) is 0.167. The van der Waals surface area contributed by atoms with E-state index in [1.165, 1.54) is 0 Å². The first-order valence-electron chi connectivity index (χ1n) is 4.23. The molecule has 1 rings (SSSR count). The van der Waals surface area contributed by atoms with Crippen molar-refractivity contribution in [3.05, 3.63) is 48.0 Å². The van der Waals surface area contributed by atoms with Crippen LogP contribution in [0.25, 0.3) is 0 Å². The summed E-state index contributed by atoms with van der Waals surface area (Å²) in [5.74, 6) is 6.32. The highest BCUT2D eigenvalue weighted by atomic mass is 32.2. The number of hydrogen-bond acceptors (Lipinski definition) is 1. The van der Waals surface area contributed by atoms with Gasteiger partial charge in [-0.15, -0.1) is 0 Å². The minimum Gasteiger partial charge on any atom is -0.260 e. The molecule has 0 amide bonds. The Balaban J connectivity index is 2.65. The van der Waals surface area contributed by atoms with Crippen LogP contribution < -0.4 is 0 Å². The van der Waals surface area contributed by atoms with E-state index in [-0.39, 0.29) is 0 Å². The smallest absolute Gasteiger partial charge is 0.0556 e. The molecule has 0 aliphatic carbocycles. The lowest BCUT2D eigenvalue weighted by molar-refractivity contribution is 0.688. The fourth-order valence-electron chi connectivity index (χ4n) is 0.963. The van der Waals surface area contributed by atoms with E-state index in [0.717, 1.165) is 11.1 Å². The highest BCUT2D eigenvalue weighted by molar-refractivity contribution is 7.84. The Kier molecular flexibility index (Phi) is 4.15. The van der Waals surface area contributed by atoms with Crippen LogP contribution >= 0.6 is 0 Å². The molecule has 1 nitrogen and oxygen atoms in total. The molecule has 0 spiro atoms. The standard InChI is InChI=1S/C12H12OS/c1-11(10-14(2)13)8-9-12-6-4-3-5-7-12/h3-7H,1,10H2,2H3. The molecular formula is C12H12OS. The van der Waals surface area contributed by atoms with Crippen LogP contribution in [0.3, 0.4) is 0 Å². The first-order valence-corrected chi connectivity index (χ1v) is 5.96. The van der Waals surface area contributed by atoms with Crippen LogP contribution in [0.1, 0.15) is 5.56 Å². The van der Waals surface area contributed by atoms with Crippen molar-refractivity contribution in [2.75, 3.05) is 12.0 Å². The van der Waals surface area contributed by atoms with Crippen LogP contribution in [0, 0.1) is 11.8 Å². The molecule has 0 aliphatic heterocycles. The van der Waals surface area contributed by atoms with E-state index in [1.807, 2.05) is 30.3 Å². The molecule has 1 unspecified atom stereocenters. The van der Waals surface area contributed by atoms with E-state index in [9.17, 15) is 4.21 Å². The monoisotopic (exact) mass is 204 g/mol. The first kappa shape index (κ1) is 10.7. The second kappa shape index (κ2) is 5.41. The third-order valence-electron chi connectivity index (χ3n) is 1.53. The van der Waals surface area contributed by atoms with Gasteiger partial charge in [-0.1, -0.05) is 36.6 Å². The van der Waals surface area contributed by atoms with Crippen molar-refractivity contribution < 1.29 is 4.21 Å². The number of benzene rings is 1. The van der Waals surface area contributed by atoms with Gasteiger partial charge in [0.2, 0.25) is 0 Å². The number of rotatable bonds is 2. The molecule has 0 bridgehead atoms. The molecule has 0 heterocycles. The Morgan fingerprint density at radius 3 is 2.64 bits per heavy atom. The molecule has 0 N–H and O–H groups in total. The lowest BCUT2D eigenvalue weighted by Gasteiger charge is -1.91. The molecule has 72 valence electrons. The lowest BCUT2D eigenvalue weighted by atomic mass is 10.2.